The van der Waals surface area contributed by atoms with Crippen LogP contribution in [-0.2, 0) is 5.41 Å². The third kappa shape index (κ3) is 4.93. The van der Waals surface area contributed by atoms with Crippen LogP contribution < -0.4 is 0 Å². The summed E-state index contributed by atoms with van der Waals surface area (Å²) in [6.45, 7) is 4.52. The van der Waals surface area contributed by atoms with Gasteiger partial charge in [0.15, 0.2) is 0 Å². The number of alkyl halides is 2. The van der Waals surface area contributed by atoms with E-state index < -0.39 is 0 Å². The maximum absolute atomic E-state index is 6.35. The van der Waals surface area contributed by atoms with Crippen LogP contribution in [0.4, 0.5) is 0 Å². The van der Waals surface area contributed by atoms with Gasteiger partial charge in [-0.05, 0) is 30.0 Å². The van der Waals surface area contributed by atoms with Gasteiger partial charge in [0.2, 0.25) is 0 Å². The van der Waals surface area contributed by atoms with E-state index in [1.54, 1.807) is 0 Å². The summed E-state index contributed by atoms with van der Waals surface area (Å²) >= 11 is 16.2. The Morgan fingerprint density at radius 2 is 1.90 bits per heavy atom. The second kappa shape index (κ2) is 9.33. The van der Waals surface area contributed by atoms with Gasteiger partial charge < -0.3 is 0 Å². The van der Waals surface area contributed by atoms with Crippen molar-refractivity contribution in [2.75, 3.05) is 11.8 Å². The fourth-order valence-electron chi connectivity index (χ4n) is 2.73. The highest BCUT2D eigenvalue weighted by Crippen LogP contribution is 2.37. The molecule has 0 amide bonds. The SMILES string of the molecule is CCCCC(CC)CC(CCl)(CCl)c1cccc(Br)c1. The monoisotopic (exact) mass is 378 g/mol. The van der Waals surface area contributed by atoms with Crippen molar-refractivity contribution < 1.29 is 0 Å². The molecule has 3 heteroatoms. The summed E-state index contributed by atoms with van der Waals surface area (Å²) < 4.78 is 1.09. The number of hydrogen-bond acceptors (Lipinski definition) is 0. The Morgan fingerprint density at radius 1 is 1.20 bits per heavy atom. The minimum Gasteiger partial charge on any atom is -0.126 e. The van der Waals surface area contributed by atoms with Gasteiger partial charge in [0, 0.05) is 21.6 Å². The highest BCUT2D eigenvalue weighted by Gasteiger charge is 2.33. The lowest BCUT2D eigenvalue weighted by Crippen LogP contribution is -2.33. The molecule has 0 heterocycles. The minimum atomic E-state index is -0.110. The third-order valence-corrected chi connectivity index (χ3v) is 5.69. The molecule has 114 valence electrons. The summed E-state index contributed by atoms with van der Waals surface area (Å²) in [6, 6.07) is 8.44. The van der Waals surface area contributed by atoms with Crippen molar-refractivity contribution in [1.82, 2.24) is 0 Å². The van der Waals surface area contributed by atoms with Crippen molar-refractivity contribution in [2.45, 2.75) is 51.4 Å². The van der Waals surface area contributed by atoms with Crippen molar-refractivity contribution in [3.8, 4) is 0 Å². The molecule has 0 N–H and O–H groups in total. The van der Waals surface area contributed by atoms with E-state index in [2.05, 4.69) is 48.0 Å². The van der Waals surface area contributed by atoms with E-state index in [4.69, 9.17) is 23.2 Å². The summed E-state index contributed by atoms with van der Waals surface area (Å²) in [5.41, 5.74) is 1.15. The normalized spacial score (nSPS) is 13.4. The zero-order valence-electron chi connectivity index (χ0n) is 12.5. The van der Waals surface area contributed by atoms with Gasteiger partial charge in [-0.1, -0.05) is 67.6 Å². The van der Waals surface area contributed by atoms with Gasteiger partial charge in [-0.15, -0.1) is 23.2 Å². The molecule has 0 saturated carbocycles. The maximum Gasteiger partial charge on any atom is 0.0332 e. The van der Waals surface area contributed by atoms with Gasteiger partial charge in [-0.25, -0.2) is 0 Å². The maximum atomic E-state index is 6.35. The van der Waals surface area contributed by atoms with Crippen LogP contribution in [0, 0.1) is 5.92 Å². The standard InChI is InChI=1S/C17H25BrCl2/c1-3-5-7-14(4-2)11-17(12-19,13-20)15-8-6-9-16(18)10-15/h6,8-10,14H,3-5,7,11-13H2,1-2H3. The van der Waals surface area contributed by atoms with Crippen LogP contribution in [0.1, 0.15) is 51.5 Å². The summed E-state index contributed by atoms with van der Waals surface area (Å²) in [5.74, 6) is 1.86. The van der Waals surface area contributed by atoms with Crippen molar-refractivity contribution in [3.63, 3.8) is 0 Å². The summed E-state index contributed by atoms with van der Waals surface area (Å²) in [5, 5.41) is 0. The molecule has 1 aromatic carbocycles. The average Bonchev–Trinajstić information content (AvgIpc) is 2.48. The number of unbranched alkanes of at least 4 members (excludes halogenated alkanes) is 1. The van der Waals surface area contributed by atoms with E-state index in [-0.39, 0.29) is 5.41 Å². The molecule has 0 aliphatic heterocycles. The fourth-order valence-corrected chi connectivity index (χ4v) is 3.94. The van der Waals surface area contributed by atoms with E-state index in [0.717, 1.165) is 10.9 Å². The van der Waals surface area contributed by atoms with Crippen molar-refractivity contribution >= 4 is 39.1 Å². The second-order valence-electron chi connectivity index (χ2n) is 5.68. The predicted octanol–water partition coefficient (Wildman–Crippen LogP) is 6.77. The van der Waals surface area contributed by atoms with Crippen LogP contribution in [-0.4, -0.2) is 11.8 Å². The lowest BCUT2D eigenvalue weighted by molar-refractivity contribution is 0.333. The lowest BCUT2D eigenvalue weighted by Gasteiger charge is -2.34. The highest BCUT2D eigenvalue weighted by atomic mass is 79.9. The number of hydrogen-bond donors (Lipinski definition) is 0. The largest absolute Gasteiger partial charge is 0.126 e. The molecule has 0 aliphatic rings. The summed E-state index contributed by atoms with van der Waals surface area (Å²) in [7, 11) is 0. The molecule has 0 radical (unpaired) electrons. The number of halogens is 3. The first-order chi connectivity index (χ1) is 9.61. The number of benzene rings is 1. The van der Waals surface area contributed by atoms with Crippen molar-refractivity contribution in [1.29, 1.82) is 0 Å². The molecule has 0 saturated heterocycles. The molecule has 0 spiro atoms. The molecule has 1 atom stereocenters. The minimum absolute atomic E-state index is 0.110. The quantitative estimate of drug-likeness (QED) is 0.415. The van der Waals surface area contributed by atoms with Crippen LogP contribution in [0.15, 0.2) is 28.7 Å². The van der Waals surface area contributed by atoms with Crippen LogP contribution in [0.5, 0.6) is 0 Å². The first kappa shape index (κ1) is 18.3. The van der Waals surface area contributed by atoms with Crippen LogP contribution in [0.25, 0.3) is 0 Å². The van der Waals surface area contributed by atoms with Crippen molar-refractivity contribution in [2.24, 2.45) is 5.92 Å². The molecule has 1 unspecified atom stereocenters. The van der Waals surface area contributed by atoms with Crippen LogP contribution in [0.2, 0.25) is 0 Å². The van der Waals surface area contributed by atoms with Crippen molar-refractivity contribution in [3.05, 3.63) is 34.3 Å². The lowest BCUT2D eigenvalue weighted by atomic mass is 9.75. The molecule has 0 nitrogen and oxygen atoms in total. The van der Waals surface area contributed by atoms with Gasteiger partial charge in [0.05, 0.1) is 0 Å². The van der Waals surface area contributed by atoms with Gasteiger partial charge >= 0.3 is 0 Å². The molecule has 20 heavy (non-hydrogen) atoms. The molecule has 0 aromatic heterocycles. The van der Waals surface area contributed by atoms with Gasteiger partial charge in [-0.3, -0.25) is 0 Å². The topological polar surface area (TPSA) is 0 Å². The predicted molar refractivity (Wildman–Crippen MR) is 95.2 cm³/mol. The average molecular weight is 380 g/mol. The van der Waals surface area contributed by atoms with E-state index in [9.17, 15) is 0 Å². The third-order valence-electron chi connectivity index (χ3n) is 4.17. The summed E-state index contributed by atoms with van der Waals surface area (Å²) in [4.78, 5) is 0. The Hall–Kier alpha value is 0.280. The van der Waals surface area contributed by atoms with Crippen LogP contribution >= 0.6 is 39.1 Å². The summed E-state index contributed by atoms with van der Waals surface area (Å²) in [6.07, 6.45) is 6.09. The van der Waals surface area contributed by atoms with E-state index >= 15 is 0 Å². The Morgan fingerprint density at radius 3 is 2.40 bits per heavy atom. The Labute approximate surface area is 142 Å². The van der Waals surface area contributed by atoms with E-state index in [1.807, 2.05) is 6.07 Å². The fraction of sp³-hybridized carbons (Fsp3) is 0.647. The Balaban J connectivity index is 2.96. The van der Waals surface area contributed by atoms with E-state index in [1.165, 1.54) is 31.2 Å². The van der Waals surface area contributed by atoms with Gasteiger partial charge in [0.1, 0.15) is 0 Å². The molecule has 0 bridgehead atoms. The van der Waals surface area contributed by atoms with Gasteiger partial charge in [0.25, 0.3) is 0 Å². The van der Waals surface area contributed by atoms with Crippen LogP contribution in [0.3, 0.4) is 0 Å². The molecular weight excluding hydrogens is 355 g/mol. The van der Waals surface area contributed by atoms with Gasteiger partial charge in [-0.2, -0.15) is 0 Å². The zero-order chi connectivity index (χ0) is 15.0. The smallest absolute Gasteiger partial charge is 0.0332 e. The zero-order valence-corrected chi connectivity index (χ0v) is 15.6. The second-order valence-corrected chi connectivity index (χ2v) is 7.13. The van der Waals surface area contributed by atoms with E-state index in [0.29, 0.717) is 17.7 Å². The molecule has 1 aromatic rings. The molecule has 1 rings (SSSR count). The molecule has 0 aliphatic carbocycles. The molecule has 0 fully saturated rings. The molecular formula is C17H25BrCl2. The Kier molecular flexibility index (Phi) is 8.55. The first-order valence-electron chi connectivity index (χ1n) is 7.49. The highest BCUT2D eigenvalue weighted by molar-refractivity contribution is 9.10. The first-order valence-corrected chi connectivity index (χ1v) is 9.36. The number of rotatable bonds is 9. The Bertz CT molecular complexity index is 388.